The molecule has 0 radical (unpaired) electrons. The quantitative estimate of drug-likeness (QED) is 0.701. The first kappa shape index (κ1) is 17.4. The van der Waals surface area contributed by atoms with E-state index in [4.69, 9.17) is 5.11 Å². The Hall–Kier alpha value is -0.610. The highest BCUT2D eigenvalue weighted by Crippen LogP contribution is 2.46. The van der Waals surface area contributed by atoms with E-state index in [1.807, 2.05) is 20.8 Å². The van der Waals surface area contributed by atoms with Gasteiger partial charge >= 0.3 is 0 Å². The van der Waals surface area contributed by atoms with E-state index in [0.717, 1.165) is 0 Å². The van der Waals surface area contributed by atoms with Crippen molar-refractivity contribution in [2.24, 2.45) is 16.2 Å². The lowest BCUT2D eigenvalue weighted by atomic mass is 9.60. The Morgan fingerprint density at radius 1 is 1.06 bits per heavy atom. The summed E-state index contributed by atoms with van der Waals surface area (Å²) >= 11 is 0. The molecule has 1 unspecified atom stereocenters. The van der Waals surface area contributed by atoms with Crippen LogP contribution in [0.25, 0.3) is 0 Å². The van der Waals surface area contributed by atoms with Crippen LogP contribution in [0.15, 0.2) is 0 Å². The van der Waals surface area contributed by atoms with Gasteiger partial charge in [0.05, 0.1) is 18.6 Å². The molecule has 1 amide bonds. The molecule has 1 atom stereocenters. The number of hydrogen-bond acceptors (Lipinski definition) is 3. The zero-order valence-electron chi connectivity index (χ0n) is 12.6. The fourth-order valence-corrected chi connectivity index (χ4v) is 2.29. The molecule has 3 N–H and O–H groups in total. The first-order valence-electron chi connectivity index (χ1n) is 6.50. The lowest BCUT2D eigenvalue weighted by Gasteiger charge is -2.45. The molecule has 0 aromatic heterocycles. The standard InChI is InChI=1S/C14H29NO3/c1-12(2,3)9-14(10-17,13(4,5)6)11(18)15-7-8-16/h16-17H,7-10H2,1-6H3,(H,15,18). The summed E-state index contributed by atoms with van der Waals surface area (Å²) in [7, 11) is 0. The van der Waals surface area contributed by atoms with Crippen molar-refractivity contribution < 1.29 is 15.0 Å². The van der Waals surface area contributed by atoms with Gasteiger partial charge in [-0.3, -0.25) is 4.79 Å². The second-order valence-electron chi connectivity index (χ2n) is 7.21. The van der Waals surface area contributed by atoms with Crippen LogP contribution in [0.3, 0.4) is 0 Å². The summed E-state index contributed by atoms with van der Waals surface area (Å²) < 4.78 is 0. The highest BCUT2D eigenvalue weighted by Gasteiger charge is 2.49. The molecule has 4 nitrogen and oxygen atoms in total. The summed E-state index contributed by atoms with van der Waals surface area (Å²) in [6.45, 7) is 12.0. The topological polar surface area (TPSA) is 69.6 Å². The third-order valence-corrected chi connectivity index (χ3v) is 3.37. The van der Waals surface area contributed by atoms with E-state index in [1.54, 1.807) is 0 Å². The second-order valence-corrected chi connectivity index (χ2v) is 7.21. The van der Waals surface area contributed by atoms with Crippen molar-refractivity contribution in [2.75, 3.05) is 19.8 Å². The monoisotopic (exact) mass is 259 g/mol. The number of carbonyl (C=O) groups excluding carboxylic acids is 1. The molecule has 0 saturated carbocycles. The fraction of sp³-hybridized carbons (Fsp3) is 0.929. The van der Waals surface area contributed by atoms with Crippen molar-refractivity contribution in [3.8, 4) is 0 Å². The maximum Gasteiger partial charge on any atom is 0.229 e. The van der Waals surface area contributed by atoms with Crippen LogP contribution < -0.4 is 5.32 Å². The van der Waals surface area contributed by atoms with Crippen molar-refractivity contribution in [3.05, 3.63) is 0 Å². The molecule has 0 aromatic rings. The molecule has 0 bridgehead atoms. The van der Waals surface area contributed by atoms with Gasteiger partial charge in [-0.25, -0.2) is 0 Å². The van der Waals surface area contributed by atoms with Gasteiger partial charge in [-0.15, -0.1) is 0 Å². The van der Waals surface area contributed by atoms with Crippen molar-refractivity contribution in [3.63, 3.8) is 0 Å². The smallest absolute Gasteiger partial charge is 0.229 e. The van der Waals surface area contributed by atoms with Crippen molar-refractivity contribution in [1.82, 2.24) is 5.32 Å². The minimum atomic E-state index is -0.833. The minimum absolute atomic E-state index is 0.0629. The van der Waals surface area contributed by atoms with Gasteiger partial charge in [0.15, 0.2) is 0 Å². The average molecular weight is 259 g/mol. The number of carbonyl (C=O) groups is 1. The molecular formula is C14H29NO3. The molecule has 0 spiro atoms. The van der Waals surface area contributed by atoms with E-state index < -0.39 is 5.41 Å². The van der Waals surface area contributed by atoms with E-state index in [-0.39, 0.29) is 36.5 Å². The number of rotatable bonds is 5. The van der Waals surface area contributed by atoms with Gasteiger partial charge < -0.3 is 15.5 Å². The molecule has 0 heterocycles. The van der Waals surface area contributed by atoms with Crippen LogP contribution in [0.1, 0.15) is 48.0 Å². The predicted molar refractivity (Wildman–Crippen MR) is 73.1 cm³/mol. The molecule has 0 fully saturated rings. The van der Waals surface area contributed by atoms with Crippen LogP contribution in [0.5, 0.6) is 0 Å². The molecule has 0 aromatic carbocycles. The van der Waals surface area contributed by atoms with Crippen LogP contribution in [-0.2, 0) is 4.79 Å². The summed E-state index contributed by atoms with van der Waals surface area (Å²) in [5.74, 6) is -0.179. The number of hydrogen-bond donors (Lipinski definition) is 3. The molecule has 0 aliphatic rings. The van der Waals surface area contributed by atoms with Gasteiger partial charge in [0.1, 0.15) is 0 Å². The molecule has 0 saturated heterocycles. The predicted octanol–water partition coefficient (Wildman–Crippen LogP) is 1.56. The summed E-state index contributed by atoms with van der Waals surface area (Å²) in [5.41, 5.74) is -1.25. The normalized spacial score (nSPS) is 16.2. The van der Waals surface area contributed by atoms with Gasteiger partial charge in [-0.1, -0.05) is 41.5 Å². The fourth-order valence-electron chi connectivity index (χ4n) is 2.29. The van der Waals surface area contributed by atoms with Crippen LogP contribution in [0.2, 0.25) is 0 Å². The minimum Gasteiger partial charge on any atom is -0.395 e. The molecule has 0 rings (SSSR count). The number of nitrogens with one attached hydrogen (secondary N) is 1. The molecule has 18 heavy (non-hydrogen) atoms. The summed E-state index contributed by atoms with van der Waals surface area (Å²) in [6, 6.07) is 0. The molecule has 0 aliphatic heterocycles. The largest absolute Gasteiger partial charge is 0.395 e. The third-order valence-electron chi connectivity index (χ3n) is 3.37. The van der Waals surface area contributed by atoms with Gasteiger partial charge in [0, 0.05) is 6.54 Å². The Labute approximate surface area is 111 Å². The van der Waals surface area contributed by atoms with Crippen LogP contribution >= 0.6 is 0 Å². The number of amides is 1. The zero-order valence-corrected chi connectivity index (χ0v) is 12.6. The van der Waals surface area contributed by atoms with Crippen molar-refractivity contribution in [2.45, 2.75) is 48.0 Å². The second kappa shape index (κ2) is 6.02. The summed E-state index contributed by atoms with van der Waals surface area (Å²) in [6.07, 6.45) is 0.595. The molecule has 108 valence electrons. The first-order valence-corrected chi connectivity index (χ1v) is 6.50. The van der Waals surface area contributed by atoms with Gasteiger partial charge in [0.25, 0.3) is 0 Å². The van der Waals surface area contributed by atoms with E-state index in [2.05, 4.69) is 26.1 Å². The Kier molecular flexibility index (Phi) is 5.82. The van der Waals surface area contributed by atoms with Crippen LogP contribution in [0.4, 0.5) is 0 Å². The van der Waals surface area contributed by atoms with E-state index in [9.17, 15) is 9.90 Å². The summed E-state index contributed by atoms with van der Waals surface area (Å²) in [5, 5.41) is 21.3. The SMILES string of the molecule is CC(C)(C)CC(CO)(C(=O)NCCO)C(C)(C)C. The first-order chi connectivity index (χ1) is 8.00. The maximum atomic E-state index is 12.4. The number of aliphatic hydroxyl groups is 2. The Morgan fingerprint density at radius 2 is 1.56 bits per heavy atom. The van der Waals surface area contributed by atoms with Gasteiger partial charge in [0.2, 0.25) is 5.91 Å². The molecule has 4 heteroatoms. The maximum absolute atomic E-state index is 12.4. The lowest BCUT2D eigenvalue weighted by Crippen LogP contribution is -2.53. The van der Waals surface area contributed by atoms with E-state index in [1.165, 1.54) is 0 Å². The third kappa shape index (κ3) is 4.25. The Balaban J connectivity index is 5.31. The Bertz CT molecular complexity index is 276. The van der Waals surface area contributed by atoms with Crippen molar-refractivity contribution in [1.29, 1.82) is 0 Å². The van der Waals surface area contributed by atoms with Crippen LogP contribution in [-0.4, -0.2) is 35.9 Å². The van der Waals surface area contributed by atoms with Crippen LogP contribution in [0, 0.1) is 16.2 Å². The molecular weight excluding hydrogens is 230 g/mol. The molecule has 0 aliphatic carbocycles. The van der Waals surface area contributed by atoms with E-state index in [0.29, 0.717) is 6.42 Å². The number of aliphatic hydroxyl groups excluding tert-OH is 2. The van der Waals surface area contributed by atoms with E-state index >= 15 is 0 Å². The highest BCUT2D eigenvalue weighted by molar-refractivity contribution is 5.83. The highest BCUT2D eigenvalue weighted by atomic mass is 16.3. The lowest BCUT2D eigenvalue weighted by molar-refractivity contribution is -0.145. The Morgan fingerprint density at radius 3 is 1.83 bits per heavy atom. The van der Waals surface area contributed by atoms with Gasteiger partial charge in [-0.05, 0) is 17.3 Å². The van der Waals surface area contributed by atoms with Gasteiger partial charge in [-0.2, -0.15) is 0 Å². The zero-order chi connectivity index (χ0) is 14.6. The van der Waals surface area contributed by atoms with Crippen molar-refractivity contribution >= 4 is 5.91 Å². The summed E-state index contributed by atoms with van der Waals surface area (Å²) in [4.78, 5) is 12.4. The average Bonchev–Trinajstić information content (AvgIpc) is 2.19.